The summed E-state index contributed by atoms with van der Waals surface area (Å²) < 4.78 is 6.44. The average Bonchev–Trinajstić information content (AvgIpc) is 3.55. The van der Waals surface area contributed by atoms with Crippen LogP contribution in [0.15, 0.2) is 52.3 Å². The van der Waals surface area contributed by atoms with Crippen LogP contribution in [-0.4, -0.2) is 44.8 Å². The third kappa shape index (κ3) is 5.11. The number of hydrogen-bond donors (Lipinski definition) is 2. The molecule has 2 atom stereocenters. The second-order valence-electron chi connectivity index (χ2n) is 10.4. The van der Waals surface area contributed by atoms with Crippen molar-refractivity contribution in [3.63, 3.8) is 0 Å². The highest BCUT2D eigenvalue weighted by Crippen LogP contribution is 2.40. The second-order valence-corrected chi connectivity index (χ2v) is 11.4. The Morgan fingerprint density at radius 2 is 1.86 bits per heavy atom. The molecule has 0 saturated carbocycles. The van der Waals surface area contributed by atoms with E-state index in [1.54, 1.807) is 39.0 Å². The van der Waals surface area contributed by atoms with Crippen molar-refractivity contribution in [1.29, 1.82) is 5.41 Å². The molecular formula is C27H31N5O4S. The van der Waals surface area contributed by atoms with Crippen molar-refractivity contribution < 1.29 is 18.8 Å². The molecule has 0 bridgehead atoms. The SMILES string of the molecule is Cc1c(C2C(=O)N(C(=O)C(C)(C)C)CC2C)nn(C(=O)c2ccoc2)c1SCc1ccc(C(=N)N)cc1. The first-order valence-corrected chi connectivity index (χ1v) is 13.0. The fourth-order valence-electron chi connectivity index (χ4n) is 4.41. The standard InChI is InChI=1S/C27H31N5O4S/c1-15-12-31(26(35)27(3,4)5)24(34)20(15)21-16(2)25(32(30-21)23(33)19-10-11-36-13-19)37-14-17-6-8-18(9-7-17)22(28)29/h6-11,13,15,20H,12,14H2,1-5H3,(H3,28,29). The Morgan fingerprint density at radius 3 is 2.43 bits per heavy atom. The lowest BCUT2D eigenvalue weighted by atomic mass is 9.92. The van der Waals surface area contributed by atoms with Gasteiger partial charge in [0.15, 0.2) is 0 Å². The predicted octanol–water partition coefficient (Wildman–Crippen LogP) is 4.18. The van der Waals surface area contributed by atoms with Crippen molar-refractivity contribution in [1.82, 2.24) is 14.7 Å². The van der Waals surface area contributed by atoms with Crippen molar-refractivity contribution in [2.45, 2.75) is 51.3 Å². The molecule has 0 aliphatic carbocycles. The number of thioether (sulfide) groups is 1. The van der Waals surface area contributed by atoms with E-state index >= 15 is 0 Å². The molecule has 0 radical (unpaired) electrons. The van der Waals surface area contributed by atoms with Gasteiger partial charge < -0.3 is 10.2 Å². The summed E-state index contributed by atoms with van der Waals surface area (Å²) in [7, 11) is 0. The maximum atomic E-state index is 13.5. The van der Waals surface area contributed by atoms with E-state index in [2.05, 4.69) is 5.10 Å². The average molecular weight is 522 g/mol. The summed E-state index contributed by atoms with van der Waals surface area (Å²) in [5.41, 5.74) is 8.07. The zero-order valence-corrected chi connectivity index (χ0v) is 22.4. The molecule has 3 heterocycles. The van der Waals surface area contributed by atoms with Gasteiger partial charge in [-0.2, -0.15) is 9.78 Å². The number of carbonyl (C=O) groups is 3. The summed E-state index contributed by atoms with van der Waals surface area (Å²) in [5.74, 6) is -1.11. The maximum absolute atomic E-state index is 13.5. The number of likely N-dealkylation sites (tertiary alicyclic amines) is 1. The fourth-order valence-corrected chi connectivity index (χ4v) is 5.47. The molecule has 1 aromatic carbocycles. The van der Waals surface area contributed by atoms with Gasteiger partial charge in [0.1, 0.15) is 17.1 Å². The lowest BCUT2D eigenvalue weighted by Crippen LogP contribution is -2.41. The van der Waals surface area contributed by atoms with E-state index in [0.717, 1.165) is 11.1 Å². The first-order valence-electron chi connectivity index (χ1n) is 12.0. The Labute approximate surface area is 219 Å². The molecule has 1 fully saturated rings. The van der Waals surface area contributed by atoms with Gasteiger partial charge in [0.2, 0.25) is 11.8 Å². The Balaban J connectivity index is 1.70. The first-order chi connectivity index (χ1) is 17.4. The highest BCUT2D eigenvalue weighted by atomic mass is 32.2. The molecular weight excluding hydrogens is 490 g/mol. The van der Waals surface area contributed by atoms with Crippen molar-refractivity contribution >= 4 is 35.3 Å². The van der Waals surface area contributed by atoms with Crippen molar-refractivity contribution in [3.8, 4) is 0 Å². The highest BCUT2D eigenvalue weighted by molar-refractivity contribution is 7.98. The van der Waals surface area contributed by atoms with E-state index in [1.165, 1.54) is 33.9 Å². The fraction of sp³-hybridized carbons (Fsp3) is 0.370. The lowest BCUT2D eigenvalue weighted by molar-refractivity contribution is -0.147. The Bertz CT molecular complexity index is 1350. The van der Waals surface area contributed by atoms with Gasteiger partial charge >= 0.3 is 0 Å². The minimum Gasteiger partial charge on any atom is -0.472 e. The molecule has 9 nitrogen and oxygen atoms in total. The largest absolute Gasteiger partial charge is 0.472 e. The molecule has 2 amide bonds. The van der Waals surface area contributed by atoms with Crippen LogP contribution in [0.4, 0.5) is 0 Å². The zero-order chi connectivity index (χ0) is 27.1. The first kappa shape index (κ1) is 26.4. The van der Waals surface area contributed by atoms with Crippen LogP contribution in [0.3, 0.4) is 0 Å². The van der Waals surface area contributed by atoms with Crippen molar-refractivity contribution in [2.75, 3.05) is 6.54 Å². The predicted molar refractivity (Wildman–Crippen MR) is 140 cm³/mol. The van der Waals surface area contributed by atoms with Gasteiger partial charge in [-0.15, -0.1) is 11.8 Å². The van der Waals surface area contributed by atoms with E-state index in [9.17, 15) is 14.4 Å². The molecule has 4 rings (SSSR count). The molecule has 10 heteroatoms. The highest BCUT2D eigenvalue weighted by Gasteiger charge is 2.46. The van der Waals surface area contributed by atoms with E-state index in [-0.39, 0.29) is 29.5 Å². The number of amidine groups is 1. The summed E-state index contributed by atoms with van der Waals surface area (Å²) in [6.07, 6.45) is 2.79. The molecule has 3 N–H and O–H groups in total. The lowest BCUT2D eigenvalue weighted by Gasteiger charge is -2.24. The topological polar surface area (TPSA) is 135 Å². The number of rotatable bonds is 6. The molecule has 1 aliphatic rings. The van der Waals surface area contributed by atoms with E-state index in [0.29, 0.717) is 34.1 Å². The minimum absolute atomic E-state index is 0.00203. The number of nitrogens with one attached hydrogen (secondary N) is 1. The van der Waals surface area contributed by atoms with Crippen LogP contribution >= 0.6 is 11.8 Å². The summed E-state index contributed by atoms with van der Waals surface area (Å²) in [6.45, 7) is 9.48. The Morgan fingerprint density at radius 1 is 1.19 bits per heavy atom. The molecule has 1 saturated heterocycles. The molecule has 2 aromatic heterocycles. The zero-order valence-electron chi connectivity index (χ0n) is 21.6. The molecule has 3 aromatic rings. The van der Waals surface area contributed by atoms with E-state index < -0.39 is 11.3 Å². The van der Waals surface area contributed by atoms with Gasteiger partial charge in [0.25, 0.3) is 5.91 Å². The van der Waals surface area contributed by atoms with Crippen LogP contribution in [0.25, 0.3) is 0 Å². The van der Waals surface area contributed by atoms with E-state index in [4.69, 9.17) is 15.6 Å². The number of furan rings is 1. The number of nitrogen functional groups attached to an aromatic ring is 1. The van der Waals surface area contributed by atoms with Gasteiger partial charge in [-0.1, -0.05) is 52.0 Å². The van der Waals surface area contributed by atoms with Crippen LogP contribution in [0, 0.1) is 23.7 Å². The van der Waals surface area contributed by atoms with Crippen molar-refractivity contribution in [2.24, 2.45) is 17.1 Å². The minimum atomic E-state index is -0.686. The third-order valence-electron chi connectivity index (χ3n) is 6.46. The van der Waals surface area contributed by atoms with E-state index in [1.807, 2.05) is 26.0 Å². The van der Waals surface area contributed by atoms with Gasteiger partial charge in [-0.25, -0.2) is 0 Å². The Kier molecular flexibility index (Phi) is 7.14. The normalized spacial score (nSPS) is 17.9. The smallest absolute Gasteiger partial charge is 0.282 e. The van der Waals surface area contributed by atoms with Gasteiger partial charge in [-0.3, -0.25) is 24.7 Å². The number of benzene rings is 1. The summed E-state index contributed by atoms with van der Waals surface area (Å²) in [4.78, 5) is 41.1. The monoisotopic (exact) mass is 521 g/mol. The van der Waals surface area contributed by atoms with Gasteiger partial charge in [0.05, 0.1) is 23.4 Å². The summed E-state index contributed by atoms with van der Waals surface area (Å²) in [5, 5.41) is 12.8. The van der Waals surface area contributed by atoms with Crippen molar-refractivity contribution in [3.05, 3.63) is 70.8 Å². The molecule has 2 unspecified atom stereocenters. The third-order valence-corrected chi connectivity index (χ3v) is 7.69. The maximum Gasteiger partial charge on any atom is 0.282 e. The number of carbonyl (C=O) groups excluding carboxylic acids is 3. The quantitative estimate of drug-likeness (QED) is 0.282. The van der Waals surface area contributed by atoms with Crippen LogP contribution in [0.2, 0.25) is 0 Å². The van der Waals surface area contributed by atoms with Crippen LogP contribution < -0.4 is 5.73 Å². The van der Waals surface area contributed by atoms with Gasteiger partial charge in [0, 0.05) is 28.8 Å². The number of hydrogen-bond acceptors (Lipinski definition) is 7. The summed E-state index contributed by atoms with van der Waals surface area (Å²) in [6, 6.07) is 8.91. The number of amides is 2. The number of imide groups is 1. The van der Waals surface area contributed by atoms with Gasteiger partial charge in [-0.05, 0) is 24.5 Å². The van der Waals surface area contributed by atoms with Crippen LogP contribution in [0.5, 0.6) is 0 Å². The molecule has 37 heavy (non-hydrogen) atoms. The summed E-state index contributed by atoms with van der Waals surface area (Å²) >= 11 is 1.43. The molecule has 0 spiro atoms. The molecule has 194 valence electrons. The number of aromatic nitrogens is 2. The van der Waals surface area contributed by atoms with Crippen LogP contribution in [0.1, 0.15) is 66.4 Å². The number of nitrogens with zero attached hydrogens (tertiary/aromatic N) is 3. The Hall–Kier alpha value is -3.66. The molecule has 1 aliphatic heterocycles. The number of nitrogens with two attached hydrogens (primary N) is 1. The van der Waals surface area contributed by atoms with Crippen LogP contribution in [-0.2, 0) is 15.3 Å². The second kappa shape index (κ2) is 10.0.